The summed E-state index contributed by atoms with van der Waals surface area (Å²) < 4.78 is 27.5. The molecule has 112 valence electrons. The van der Waals surface area contributed by atoms with Crippen LogP contribution in [0.25, 0.3) is 0 Å². The van der Waals surface area contributed by atoms with E-state index < -0.39 is 28.5 Å². The fourth-order valence-electron chi connectivity index (χ4n) is 1.48. The Hall–Kier alpha value is -1.64. The van der Waals surface area contributed by atoms with E-state index in [1.807, 2.05) is 0 Å². The van der Waals surface area contributed by atoms with E-state index in [9.17, 15) is 18.3 Å². The van der Waals surface area contributed by atoms with Crippen LogP contribution in [0.15, 0.2) is 23.1 Å². The largest absolute Gasteiger partial charge is 0.465 e. The summed E-state index contributed by atoms with van der Waals surface area (Å²) in [6.07, 6.45) is 0.0431. The van der Waals surface area contributed by atoms with Gasteiger partial charge in [-0.05, 0) is 18.2 Å². The molecule has 0 aliphatic rings. The lowest BCUT2D eigenvalue weighted by molar-refractivity contribution is 0.0601. The van der Waals surface area contributed by atoms with Gasteiger partial charge < -0.3 is 20.3 Å². The maximum absolute atomic E-state index is 11.7. The zero-order valence-corrected chi connectivity index (χ0v) is 12.0. The topological polar surface area (TPSA) is 113 Å². The Morgan fingerprint density at radius 2 is 2.10 bits per heavy atom. The van der Waals surface area contributed by atoms with Crippen LogP contribution in [0.1, 0.15) is 10.4 Å². The number of aliphatic hydroxyl groups is 2. The molecule has 0 bridgehead atoms. The minimum atomic E-state index is -3.44. The first-order valence-corrected chi connectivity index (χ1v) is 7.64. The number of carbonyl (C=O) groups is 1. The Morgan fingerprint density at radius 1 is 1.45 bits per heavy atom. The second-order valence-corrected chi connectivity index (χ2v) is 6.20. The van der Waals surface area contributed by atoms with Crippen LogP contribution in [-0.2, 0) is 14.6 Å². The average Bonchev–Trinajstić information content (AvgIpc) is 2.42. The molecule has 1 aromatic carbocycles. The third-order valence-corrected chi connectivity index (χ3v) is 3.67. The van der Waals surface area contributed by atoms with E-state index in [2.05, 4.69) is 10.1 Å². The van der Waals surface area contributed by atoms with Crippen molar-refractivity contribution in [2.45, 2.75) is 11.0 Å². The summed E-state index contributed by atoms with van der Waals surface area (Å²) in [7, 11) is -2.26. The summed E-state index contributed by atoms with van der Waals surface area (Å²) in [5.74, 6) is -0.698. The number of carbonyl (C=O) groups excluding carboxylic acids is 1. The lowest BCUT2D eigenvalue weighted by Crippen LogP contribution is -2.24. The number of aliphatic hydroxyl groups excluding tert-OH is 2. The number of nitrogens with one attached hydrogen (secondary N) is 1. The van der Waals surface area contributed by atoms with Crippen LogP contribution in [0.4, 0.5) is 5.69 Å². The standard InChI is InChI=1S/C12H17NO6S/c1-19-12(16)10-5-9(20(2,17)18)3-4-11(10)13-6-8(15)7-14/h3-5,8,13-15H,6-7H2,1-2H3. The van der Waals surface area contributed by atoms with Crippen molar-refractivity contribution in [3.63, 3.8) is 0 Å². The fraction of sp³-hybridized carbons (Fsp3) is 0.417. The highest BCUT2D eigenvalue weighted by Gasteiger charge is 2.17. The highest BCUT2D eigenvalue weighted by molar-refractivity contribution is 7.90. The first-order valence-electron chi connectivity index (χ1n) is 5.74. The van der Waals surface area contributed by atoms with Gasteiger partial charge in [-0.2, -0.15) is 0 Å². The molecule has 3 N–H and O–H groups in total. The molecular weight excluding hydrogens is 286 g/mol. The second kappa shape index (κ2) is 6.69. The molecule has 0 spiro atoms. The molecule has 0 saturated carbocycles. The summed E-state index contributed by atoms with van der Waals surface area (Å²) in [5.41, 5.74) is 0.359. The number of sulfone groups is 1. The first kappa shape index (κ1) is 16.4. The fourth-order valence-corrected chi connectivity index (χ4v) is 2.13. The van der Waals surface area contributed by atoms with Crippen molar-refractivity contribution in [3.05, 3.63) is 23.8 Å². The van der Waals surface area contributed by atoms with E-state index in [-0.39, 0.29) is 17.0 Å². The predicted octanol–water partition coefficient (Wildman–Crippen LogP) is -0.358. The molecule has 0 fully saturated rings. The van der Waals surface area contributed by atoms with Crippen LogP contribution in [0.2, 0.25) is 0 Å². The molecule has 0 radical (unpaired) electrons. The molecule has 7 nitrogen and oxygen atoms in total. The third-order valence-electron chi connectivity index (χ3n) is 2.56. The predicted molar refractivity (Wildman–Crippen MR) is 72.5 cm³/mol. The van der Waals surface area contributed by atoms with Crippen LogP contribution < -0.4 is 5.32 Å². The van der Waals surface area contributed by atoms with Crippen LogP contribution >= 0.6 is 0 Å². The minimum absolute atomic E-state index is 0.00819. The molecule has 0 saturated heterocycles. The Bertz CT molecular complexity index is 584. The Morgan fingerprint density at radius 3 is 2.60 bits per heavy atom. The van der Waals surface area contributed by atoms with Crippen molar-refractivity contribution >= 4 is 21.5 Å². The van der Waals surface area contributed by atoms with Crippen molar-refractivity contribution in [1.82, 2.24) is 0 Å². The van der Waals surface area contributed by atoms with E-state index in [0.29, 0.717) is 5.69 Å². The van der Waals surface area contributed by atoms with Gasteiger partial charge in [0, 0.05) is 18.5 Å². The van der Waals surface area contributed by atoms with Gasteiger partial charge in [-0.1, -0.05) is 0 Å². The summed E-state index contributed by atoms with van der Waals surface area (Å²) in [4.78, 5) is 11.7. The number of esters is 1. The molecule has 1 atom stereocenters. The number of rotatable bonds is 6. The van der Waals surface area contributed by atoms with Gasteiger partial charge in [-0.3, -0.25) is 0 Å². The molecule has 1 rings (SSSR count). The average molecular weight is 303 g/mol. The summed E-state index contributed by atoms with van der Waals surface area (Å²) >= 11 is 0. The van der Waals surface area contributed by atoms with Gasteiger partial charge in [0.2, 0.25) is 0 Å². The number of benzene rings is 1. The van der Waals surface area contributed by atoms with Gasteiger partial charge in [-0.15, -0.1) is 0 Å². The summed E-state index contributed by atoms with van der Waals surface area (Å²) in [6, 6.07) is 3.96. The number of hydrogen-bond donors (Lipinski definition) is 3. The highest BCUT2D eigenvalue weighted by atomic mass is 32.2. The van der Waals surface area contributed by atoms with Gasteiger partial charge in [0.15, 0.2) is 9.84 Å². The number of anilines is 1. The van der Waals surface area contributed by atoms with E-state index in [4.69, 9.17) is 5.11 Å². The SMILES string of the molecule is COC(=O)c1cc(S(C)(=O)=O)ccc1NCC(O)CO. The van der Waals surface area contributed by atoms with Crippen molar-refractivity contribution in [2.75, 3.05) is 31.8 Å². The van der Waals surface area contributed by atoms with E-state index in [0.717, 1.165) is 6.26 Å². The van der Waals surface area contributed by atoms with Crippen LogP contribution in [0.3, 0.4) is 0 Å². The Kier molecular flexibility index (Phi) is 5.49. The smallest absolute Gasteiger partial charge is 0.340 e. The van der Waals surface area contributed by atoms with E-state index in [1.165, 1.54) is 25.3 Å². The summed E-state index contributed by atoms with van der Waals surface area (Å²) in [5, 5.41) is 20.7. The number of hydrogen-bond acceptors (Lipinski definition) is 7. The second-order valence-electron chi connectivity index (χ2n) is 4.19. The van der Waals surface area contributed by atoms with Gasteiger partial charge in [0.25, 0.3) is 0 Å². The van der Waals surface area contributed by atoms with Crippen molar-refractivity contribution < 1.29 is 28.2 Å². The maximum Gasteiger partial charge on any atom is 0.340 e. The van der Waals surface area contributed by atoms with Crippen molar-refractivity contribution in [2.24, 2.45) is 0 Å². The monoisotopic (exact) mass is 303 g/mol. The highest BCUT2D eigenvalue weighted by Crippen LogP contribution is 2.21. The van der Waals surface area contributed by atoms with Crippen molar-refractivity contribution in [3.8, 4) is 0 Å². The molecule has 0 aliphatic carbocycles. The first-order chi connectivity index (χ1) is 9.29. The molecular formula is C12H17NO6S. The Balaban J connectivity index is 3.14. The quantitative estimate of drug-likeness (QED) is 0.615. The zero-order valence-electron chi connectivity index (χ0n) is 11.2. The molecule has 0 aliphatic heterocycles. The van der Waals surface area contributed by atoms with E-state index >= 15 is 0 Å². The minimum Gasteiger partial charge on any atom is -0.465 e. The van der Waals surface area contributed by atoms with Crippen LogP contribution in [0.5, 0.6) is 0 Å². The molecule has 1 aromatic rings. The van der Waals surface area contributed by atoms with Gasteiger partial charge >= 0.3 is 5.97 Å². The zero-order chi connectivity index (χ0) is 15.3. The third kappa shape index (κ3) is 4.19. The molecule has 0 heterocycles. The van der Waals surface area contributed by atoms with Gasteiger partial charge in [-0.25, -0.2) is 13.2 Å². The normalized spacial score (nSPS) is 12.8. The van der Waals surface area contributed by atoms with Crippen LogP contribution in [0, 0.1) is 0 Å². The molecule has 8 heteroatoms. The van der Waals surface area contributed by atoms with E-state index in [1.54, 1.807) is 0 Å². The maximum atomic E-state index is 11.7. The molecule has 0 aromatic heterocycles. The lowest BCUT2D eigenvalue weighted by atomic mass is 10.1. The summed E-state index contributed by atoms with van der Waals surface area (Å²) in [6.45, 7) is -0.416. The molecule has 1 unspecified atom stereocenters. The van der Waals surface area contributed by atoms with Crippen molar-refractivity contribution in [1.29, 1.82) is 0 Å². The Labute approximate surface area is 117 Å². The van der Waals surface area contributed by atoms with Gasteiger partial charge in [0.05, 0.1) is 30.3 Å². The number of ether oxygens (including phenoxy) is 1. The molecule has 0 amide bonds. The number of methoxy groups -OCH3 is 1. The van der Waals surface area contributed by atoms with Crippen LogP contribution in [-0.4, -0.2) is 57.2 Å². The van der Waals surface area contributed by atoms with Gasteiger partial charge in [0.1, 0.15) is 0 Å². The lowest BCUT2D eigenvalue weighted by Gasteiger charge is -2.14. The molecule has 20 heavy (non-hydrogen) atoms.